The predicted molar refractivity (Wildman–Crippen MR) is 212 cm³/mol. The van der Waals surface area contributed by atoms with Crippen molar-refractivity contribution in [3.8, 4) is 24.7 Å². The lowest BCUT2D eigenvalue weighted by molar-refractivity contribution is -0.220. The lowest BCUT2D eigenvalue weighted by Gasteiger charge is -2.33. The molecule has 4 saturated heterocycles. The van der Waals surface area contributed by atoms with Crippen LogP contribution in [0, 0.1) is 24.7 Å². The molecular weight excluding hydrogens is 912 g/mol. The third-order valence-corrected chi connectivity index (χ3v) is 10.1. The monoisotopic (exact) mass is 956 g/mol. The van der Waals surface area contributed by atoms with Crippen LogP contribution in [0.15, 0.2) is 0 Å². The second kappa shape index (κ2) is 24.3. The zero-order chi connectivity index (χ0) is 50.2. The van der Waals surface area contributed by atoms with E-state index >= 15 is 0 Å². The summed E-state index contributed by atoms with van der Waals surface area (Å²) in [5, 5.41) is 12.2. The van der Waals surface area contributed by atoms with E-state index in [1.54, 1.807) is 11.8 Å². The van der Waals surface area contributed by atoms with Gasteiger partial charge in [0.25, 0.3) is 41.4 Å². The first-order valence-corrected chi connectivity index (χ1v) is 20.8. The number of terminal acetylenes is 2. The van der Waals surface area contributed by atoms with E-state index in [0.29, 0.717) is 15.1 Å². The van der Waals surface area contributed by atoms with Crippen LogP contribution in [0.3, 0.4) is 0 Å². The molecule has 0 bridgehead atoms. The molecule has 4 heterocycles. The number of amides is 11. The van der Waals surface area contributed by atoms with Gasteiger partial charge in [0.05, 0.1) is 38.8 Å². The second-order valence-electron chi connectivity index (χ2n) is 14.7. The van der Waals surface area contributed by atoms with E-state index in [1.165, 1.54) is 0 Å². The van der Waals surface area contributed by atoms with E-state index in [2.05, 4.69) is 0 Å². The molecule has 0 aromatic carbocycles. The summed E-state index contributed by atoms with van der Waals surface area (Å²) < 4.78 is 0. The molecule has 1 N–H and O–H groups in total. The van der Waals surface area contributed by atoms with Crippen molar-refractivity contribution in [2.24, 2.45) is 0 Å². The van der Waals surface area contributed by atoms with E-state index in [-0.39, 0.29) is 66.6 Å². The molecule has 0 radical (unpaired) electrons. The summed E-state index contributed by atoms with van der Waals surface area (Å²) in [6, 6.07) is 0. The number of rotatable bonds is 22. The number of hydrogen-bond donors (Lipinski definition) is 1. The topological polar surface area (TPSA) is 339 Å². The summed E-state index contributed by atoms with van der Waals surface area (Å²) in [4.78, 5) is 209. The van der Waals surface area contributed by atoms with Crippen molar-refractivity contribution >= 4 is 88.9 Å². The fraction of sp³-hybridized carbons (Fsp3) is 0.525. The van der Waals surface area contributed by atoms with E-state index in [9.17, 15) is 77.0 Å². The molecule has 1 unspecified atom stereocenters. The average molecular weight is 957 g/mol. The third-order valence-electron chi connectivity index (χ3n) is 10.1. The van der Waals surface area contributed by atoms with Gasteiger partial charge in [-0.25, -0.2) is 29.2 Å². The number of aliphatic hydroxyl groups excluding tert-OH is 1. The number of imide groups is 3. The van der Waals surface area contributed by atoms with Crippen molar-refractivity contribution in [2.45, 2.75) is 96.1 Å². The Morgan fingerprint density at radius 2 is 0.750 bits per heavy atom. The minimum absolute atomic E-state index is 0.0215. The van der Waals surface area contributed by atoms with Gasteiger partial charge in [-0.3, -0.25) is 52.7 Å². The predicted octanol–water partition coefficient (Wildman–Crippen LogP) is -3.96. The molecule has 0 aliphatic carbocycles. The molecule has 4 rings (SSSR count). The first-order valence-electron chi connectivity index (χ1n) is 20.8. The van der Waals surface area contributed by atoms with Crippen molar-refractivity contribution in [2.75, 3.05) is 39.3 Å². The molecule has 28 nitrogen and oxygen atoms in total. The Morgan fingerprint density at radius 3 is 1.01 bits per heavy atom. The zero-order valence-corrected chi connectivity index (χ0v) is 36.2. The third kappa shape index (κ3) is 14.4. The van der Waals surface area contributed by atoms with Crippen molar-refractivity contribution < 1.29 is 96.4 Å². The smallest absolute Gasteiger partial charge is 0.334 e. The summed E-state index contributed by atoms with van der Waals surface area (Å²) in [5.41, 5.74) is 0. The molecule has 0 aromatic heterocycles. The van der Waals surface area contributed by atoms with Gasteiger partial charge < -0.3 is 34.3 Å². The summed E-state index contributed by atoms with van der Waals surface area (Å²) >= 11 is 0. The van der Waals surface area contributed by atoms with Crippen LogP contribution in [0.5, 0.6) is 0 Å². The van der Waals surface area contributed by atoms with Crippen LogP contribution in [0.4, 0.5) is 0 Å². The van der Waals surface area contributed by atoms with Gasteiger partial charge in [-0.1, -0.05) is 0 Å². The fourth-order valence-corrected chi connectivity index (χ4v) is 6.49. The number of hydrogen-bond acceptors (Lipinski definition) is 20. The van der Waals surface area contributed by atoms with Crippen LogP contribution in [0.25, 0.3) is 0 Å². The molecule has 11 amide bonds. The highest BCUT2D eigenvalue weighted by Crippen LogP contribution is 2.19. The average Bonchev–Trinajstić information content (AvgIpc) is 4.01. The quantitative estimate of drug-likeness (QED) is 0.0615. The number of aliphatic hydroxyl groups is 1. The van der Waals surface area contributed by atoms with Crippen molar-refractivity contribution in [1.29, 1.82) is 0 Å². The van der Waals surface area contributed by atoms with Gasteiger partial charge in [0.15, 0.2) is 6.23 Å². The molecule has 4 fully saturated rings. The Hall–Kier alpha value is -8.27. The minimum atomic E-state index is -1.42. The molecule has 0 saturated carbocycles. The molecule has 4 aliphatic heterocycles. The molecule has 0 spiro atoms. The summed E-state index contributed by atoms with van der Waals surface area (Å²) in [6.07, 6.45) is 3.80. The lowest BCUT2D eigenvalue weighted by atomic mass is 10.2. The molecule has 28 heteroatoms. The largest absolute Gasteiger partial charge is 0.370 e. The van der Waals surface area contributed by atoms with Gasteiger partial charge in [-0.15, -0.1) is 33.1 Å². The molecule has 68 heavy (non-hydrogen) atoms. The fourth-order valence-electron chi connectivity index (χ4n) is 6.49. The number of hydrazine groups is 1. The first kappa shape index (κ1) is 52.4. The minimum Gasteiger partial charge on any atom is -0.370 e. The van der Waals surface area contributed by atoms with Gasteiger partial charge in [-0.2, -0.15) is 0 Å². The Bertz CT molecular complexity index is 2130. The number of hydroxylamine groups is 8. The van der Waals surface area contributed by atoms with Gasteiger partial charge in [0.2, 0.25) is 11.8 Å². The SMILES string of the molecule is C#CC(=O)N(CCC(=O)N(CCC(=O)ON1C(=O)CCC1=O)CCC(=O)ON1C(=O)CCC1=O)N(CCC(=O)N(CCC(=O)ON1C(=O)CCC1=O)CCC(=O)ON1C(=O)CCC1O)C(=O)C#C. The Kier molecular flexibility index (Phi) is 18.7. The first-order chi connectivity index (χ1) is 32.2. The summed E-state index contributed by atoms with van der Waals surface area (Å²) in [7, 11) is 0. The summed E-state index contributed by atoms with van der Waals surface area (Å²) in [5.74, 6) is -10.9. The Morgan fingerprint density at radius 1 is 0.456 bits per heavy atom. The van der Waals surface area contributed by atoms with E-state index in [4.69, 9.17) is 32.2 Å². The van der Waals surface area contributed by atoms with Crippen LogP contribution in [-0.2, 0) is 91.3 Å². The van der Waals surface area contributed by atoms with Crippen LogP contribution in [-0.4, -0.2) is 180 Å². The van der Waals surface area contributed by atoms with Gasteiger partial charge in [0.1, 0.15) is 0 Å². The zero-order valence-electron chi connectivity index (χ0n) is 36.2. The second-order valence-corrected chi connectivity index (χ2v) is 14.7. The highest BCUT2D eigenvalue weighted by molar-refractivity contribution is 6.03. The highest BCUT2D eigenvalue weighted by atomic mass is 16.7. The van der Waals surface area contributed by atoms with Gasteiger partial charge in [0, 0.05) is 90.4 Å². The maximum Gasteiger partial charge on any atom is 0.334 e. The number of carbonyl (C=O) groups excluding carboxylic acids is 15. The number of nitrogens with zero attached hydrogens (tertiary/aromatic N) is 8. The van der Waals surface area contributed by atoms with Crippen molar-refractivity contribution in [3.05, 3.63) is 0 Å². The summed E-state index contributed by atoms with van der Waals surface area (Å²) in [6.45, 7) is -3.67. The van der Waals surface area contributed by atoms with E-state index < -0.39 is 173 Å². The number of carbonyl (C=O) groups is 15. The van der Waals surface area contributed by atoms with Crippen molar-refractivity contribution in [3.63, 3.8) is 0 Å². The van der Waals surface area contributed by atoms with Crippen LogP contribution >= 0.6 is 0 Å². The molecule has 0 aromatic rings. The standard InChI is InChI=1S/C40H44N8O20/c1-3-25(49)43(23-13-27(51)41(19-15-37(61)65-45-29(53)5-6-30(45)54)20-16-38(62)66-46-31(55)7-8-32(46)56)44(26(50)4-2)24-14-28(52)42(21-17-39(63)67-47-33(57)9-10-34(47)58)22-18-40(64)68-48-35(59)11-12-36(48)60/h1-2,29,53H,5-24H2. The maximum atomic E-state index is 13.7. The molecule has 4 aliphatic rings. The molecule has 364 valence electrons. The van der Waals surface area contributed by atoms with Gasteiger partial charge in [-0.05, 0) is 11.8 Å². The van der Waals surface area contributed by atoms with Crippen LogP contribution in [0.1, 0.15) is 89.9 Å². The van der Waals surface area contributed by atoms with Crippen molar-refractivity contribution in [1.82, 2.24) is 40.1 Å². The van der Waals surface area contributed by atoms with E-state index in [0.717, 1.165) is 9.80 Å². The normalized spacial score (nSPS) is 16.6. The van der Waals surface area contributed by atoms with E-state index in [1.807, 2.05) is 0 Å². The van der Waals surface area contributed by atoms with Crippen LogP contribution in [0.2, 0.25) is 0 Å². The highest BCUT2D eigenvalue weighted by Gasteiger charge is 2.37. The Balaban J connectivity index is 1.46. The molecule has 1 atom stereocenters. The maximum absolute atomic E-state index is 13.7. The van der Waals surface area contributed by atoms with Gasteiger partial charge >= 0.3 is 35.7 Å². The molecular formula is C40H44N8O20. The Labute approximate surface area is 384 Å². The van der Waals surface area contributed by atoms with Crippen LogP contribution < -0.4 is 0 Å². The lowest BCUT2D eigenvalue weighted by Crippen LogP contribution is -2.51.